The Labute approximate surface area is 577 Å². The second-order valence-electron chi connectivity index (χ2n) is 28.9. The molecule has 0 bridgehead atoms. The fourth-order valence-corrected chi connectivity index (χ4v) is 13.7. The number of aliphatic hydroxyl groups is 8. The lowest BCUT2D eigenvalue weighted by Gasteiger charge is -2.46. The lowest BCUT2D eigenvalue weighted by molar-refractivity contribution is -0.359. The Morgan fingerprint density at radius 2 is 0.681 bits per heavy atom. The third kappa shape index (κ3) is 47.5. The third-order valence-electron chi connectivity index (χ3n) is 20.1. The van der Waals surface area contributed by atoms with Crippen LogP contribution in [-0.4, -0.2) is 140 Å². The van der Waals surface area contributed by atoms with Gasteiger partial charge in [0.15, 0.2) is 12.6 Å². The molecule has 0 radical (unpaired) electrons. The molecule has 2 fully saturated rings. The van der Waals surface area contributed by atoms with Gasteiger partial charge in [0.2, 0.25) is 5.91 Å². The lowest BCUT2D eigenvalue weighted by atomic mass is 9.97. The molecule has 0 aliphatic carbocycles. The second-order valence-corrected chi connectivity index (χ2v) is 28.9. The molecule has 12 unspecified atom stereocenters. The van der Waals surface area contributed by atoms with Crippen molar-refractivity contribution in [3.63, 3.8) is 0 Å². The van der Waals surface area contributed by atoms with Crippen molar-refractivity contribution in [1.29, 1.82) is 0 Å². The Balaban J connectivity index is 1.61. The number of aliphatic hydroxyl groups excluding tert-OH is 8. The Hall–Kier alpha value is -1.53. The Morgan fingerprint density at radius 1 is 0.372 bits per heavy atom. The van der Waals surface area contributed by atoms with E-state index in [2.05, 4.69) is 31.3 Å². The average Bonchev–Trinajstić information content (AvgIpc) is 0.794. The fourth-order valence-electron chi connectivity index (χ4n) is 13.7. The number of carbonyl (C=O) groups excluding carboxylic acids is 1. The molecule has 0 spiro atoms. The van der Waals surface area contributed by atoms with Gasteiger partial charge in [-0.15, -0.1) is 0 Å². The Morgan fingerprint density at radius 3 is 1.04 bits per heavy atom. The van der Waals surface area contributed by atoms with Gasteiger partial charge < -0.3 is 65.1 Å². The van der Waals surface area contributed by atoms with Gasteiger partial charge in [0.1, 0.15) is 48.8 Å². The highest BCUT2D eigenvalue weighted by atomic mass is 16.7. The first-order chi connectivity index (χ1) is 46.1. The zero-order chi connectivity index (χ0) is 68.0. The van der Waals surface area contributed by atoms with Crippen molar-refractivity contribution >= 4 is 5.91 Å². The van der Waals surface area contributed by atoms with E-state index in [0.29, 0.717) is 12.8 Å². The number of unbranched alkanes of at least 4 members (excludes halogenated alkanes) is 54. The van der Waals surface area contributed by atoms with Crippen LogP contribution < -0.4 is 5.32 Å². The highest BCUT2D eigenvalue weighted by molar-refractivity contribution is 5.76. The molecule has 2 aliphatic heterocycles. The summed E-state index contributed by atoms with van der Waals surface area (Å²) in [6.45, 7) is 2.86. The van der Waals surface area contributed by atoms with Crippen LogP contribution in [0.25, 0.3) is 0 Å². The summed E-state index contributed by atoms with van der Waals surface area (Å²) >= 11 is 0. The minimum atomic E-state index is -1.79. The monoisotopic (exact) mass is 1340 g/mol. The molecule has 0 aromatic carbocycles. The number of hydrogen-bond donors (Lipinski definition) is 9. The van der Waals surface area contributed by atoms with Gasteiger partial charge in [-0.2, -0.15) is 0 Å². The molecule has 556 valence electrons. The molecule has 2 aliphatic rings. The normalized spacial score (nSPS) is 22.5. The summed E-state index contributed by atoms with van der Waals surface area (Å²) in [7, 11) is 0. The summed E-state index contributed by atoms with van der Waals surface area (Å²) in [5, 5.41) is 87.6. The SMILES string of the molecule is CCCCCCCCCCCCCCCCCCCCCC/C=C/CC/C=C/C(O)C(COC1OC(CO)C(OC2OC(CO)C(O)C(O)C2O)C(O)C1O)NC(=O)CCCCCCCCCCCCCCCCCCCCCCCCCCCCCCCCCCCC. The largest absolute Gasteiger partial charge is 0.394 e. The minimum absolute atomic E-state index is 0.240. The van der Waals surface area contributed by atoms with Gasteiger partial charge in [0.05, 0.1) is 32.0 Å². The first kappa shape index (κ1) is 88.6. The van der Waals surface area contributed by atoms with Crippen LogP contribution in [0.5, 0.6) is 0 Å². The van der Waals surface area contributed by atoms with Crippen LogP contribution in [-0.2, 0) is 23.7 Å². The van der Waals surface area contributed by atoms with Gasteiger partial charge >= 0.3 is 0 Å². The molecule has 9 N–H and O–H groups in total. The van der Waals surface area contributed by atoms with Gasteiger partial charge in [0, 0.05) is 6.42 Å². The van der Waals surface area contributed by atoms with E-state index in [-0.39, 0.29) is 18.9 Å². The summed E-state index contributed by atoms with van der Waals surface area (Å²) in [6, 6.07) is -0.930. The van der Waals surface area contributed by atoms with Crippen LogP contribution in [0.2, 0.25) is 0 Å². The molecule has 0 aromatic heterocycles. The predicted octanol–water partition coefficient (Wildman–Crippen LogP) is 18.3. The van der Waals surface area contributed by atoms with E-state index < -0.39 is 86.8 Å². The van der Waals surface area contributed by atoms with Gasteiger partial charge in [-0.1, -0.05) is 372 Å². The molecule has 12 atom stereocenters. The number of allylic oxidation sites excluding steroid dienone is 3. The highest BCUT2D eigenvalue weighted by Crippen LogP contribution is 2.30. The molecule has 14 heteroatoms. The lowest BCUT2D eigenvalue weighted by Crippen LogP contribution is -2.65. The van der Waals surface area contributed by atoms with Crippen molar-refractivity contribution in [1.82, 2.24) is 5.32 Å². The highest BCUT2D eigenvalue weighted by Gasteiger charge is 2.51. The summed E-state index contributed by atoms with van der Waals surface area (Å²) in [6.07, 6.45) is 67.1. The molecule has 94 heavy (non-hydrogen) atoms. The van der Waals surface area contributed by atoms with Gasteiger partial charge in [-0.25, -0.2) is 0 Å². The van der Waals surface area contributed by atoms with Crippen molar-refractivity contribution in [2.45, 2.75) is 460 Å². The van der Waals surface area contributed by atoms with E-state index >= 15 is 0 Å². The van der Waals surface area contributed by atoms with Crippen LogP contribution >= 0.6 is 0 Å². The molecule has 0 saturated carbocycles. The quantitative estimate of drug-likeness (QED) is 0.0204. The fraction of sp³-hybridized carbons (Fsp3) is 0.938. The maximum Gasteiger partial charge on any atom is 0.220 e. The maximum atomic E-state index is 13.4. The van der Waals surface area contributed by atoms with Crippen molar-refractivity contribution in [3.8, 4) is 0 Å². The van der Waals surface area contributed by atoms with E-state index in [1.807, 2.05) is 6.08 Å². The molecule has 14 nitrogen and oxygen atoms in total. The Kier molecular flexibility index (Phi) is 61.1. The van der Waals surface area contributed by atoms with Crippen molar-refractivity contribution < 1.29 is 64.6 Å². The number of hydrogen-bond acceptors (Lipinski definition) is 13. The second kappa shape index (κ2) is 64.8. The summed E-state index contributed by atoms with van der Waals surface area (Å²) in [5.74, 6) is -0.240. The maximum absolute atomic E-state index is 13.4. The number of ether oxygens (including phenoxy) is 4. The van der Waals surface area contributed by atoms with Crippen LogP contribution in [0.4, 0.5) is 0 Å². The zero-order valence-electron chi connectivity index (χ0n) is 61.0. The van der Waals surface area contributed by atoms with Crippen LogP contribution in [0.1, 0.15) is 386 Å². The first-order valence-corrected chi connectivity index (χ1v) is 40.6. The Bertz CT molecular complexity index is 1670. The molecule has 1 amide bonds. The third-order valence-corrected chi connectivity index (χ3v) is 20.1. The van der Waals surface area contributed by atoms with Crippen LogP contribution in [0.3, 0.4) is 0 Å². The molecular weight excluding hydrogens is 1180 g/mol. The van der Waals surface area contributed by atoms with Gasteiger partial charge in [0.25, 0.3) is 0 Å². The molecular formula is C80H153NO13. The summed E-state index contributed by atoms with van der Waals surface area (Å²) in [4.78, 5) is 13.4. The van der Waals surface area contributed by atoms with Gasteiger partial charge in [-0.3, -0.25) is 4.79 Å². The van der Waals surface area contributed by atoms with E-state index in [9.17, 15) is 45.6 Å². The molecule has 2 saturated heterocycles. The summed E-state index contributed by atoms with van der Waals surface area (Å²) in [5.41, 5.74) is 0. The van der Waals surface area contributed by atoms with E-state index in [1.165, 1.54) is 321 Å². The predicted molar refractivity (Wildman–Crippen MR) is 388 cm³/mol. The van der Waals surface area contributed by atoms with Crippen LogP contribution in [0, 0.1) is 0 Å². The molecule has 2 heterocycles. The standard InChI is InChI=1S/C80H153NO13/c1-3-5-7-9-11-13-15-17-19-21-23-25-27-29-31-32-33-34-35-36-37-38-40-42-44-46-48-50-52-54-56-58-60-62-64-72(85)81-68(67-91-79-77(90)75(88)78(71(66-83)93-79)94-80-76(89)74(87)73(86)70(65-82)92-80)69(84)63-61-59-57-55-53-51-49-47-45-43-41-39-30-28-26-24-22-20-18-16-14-12-10-8-6-4-2/h53,55,61,63,68-71,73-80,82-84,86-90H,3-52,54,56-60,62,64-67H2,1-2H3,(H,81,85)/b55-53+,63-61+. The van der Waals surface area contributed by atoms with Crippen molar-refractivity contribution in [3.05, 3.63) is 24.3 Å². The van der Waals surface area contributed by atoms with E-state index in [1.54, 1.807) is 6.08 Å². The average molecular weight is 1340 g/mol. The van der Waals surface area contributed by atoms with Crippen LogP contribution in [0.15, 0.2) is 24.3 Å². The molecule has 0 aromatic rings. The summed E-state index contributed by atoms with van der Waals surface area (Å²) < 4.78 is 22.9. The topological polar surface area (TPSA) is 228 Å². The number of amides is 1. The smallest absolute Gasteiger partial charge is 0.220 e. The zero-order valence-corrected chi connectivity index (χ0v) is 61.0. The van der Waals surface area contributed by atoms with Crippen molar-refractivity contribution in [2.75, 3.05) is 19.8 Å². The minimum Gasteiger partial charge on any atom is -0.394 e. The number of carbonyl (C=O) groups is 1. The van der Waals surface area contributed by atoms with Crippen molar-refractivity contribution in [2.24, 2.45) is 0 Å². The van der Waals surface area contributed by atoms with E-state index in [4.69, 9.17) is 18.9 Å². The first-order valence-electron chi connectivity index (χ1n) is 40.6. The molecule has 2 rings (SSSR count). The number of nitrogens with one attached hydrogen (secondary N) is 1. The number of rotatable bonds is 69. The van der Waals surface area contributed by atoms with E-state index in [0.717, 1.165) is 32.1 Å². The van der Waals surface area contributed by atoms with Gasteiger partial charge in [-0.05, 0) is 32.1 Å².